The average Bonchev–Trinajstić information content (AvgIpc) is 2.50. The molecule has 0 aromatic heterocycles. The fourth-order valence-electron chi connectivity index (χ4n) is 2.30. The van der Waals surface area contributed by atoms with Crippen LogP contribution in [0.1, 0.15) is 23.7 Å². The van der Waals surface area contributed by atoms with Crippen molar-refractivity contribution >= 4 is 5.97 Å². The Hall–Kier alpha value is -2.19. The number of benzene rings is 1. The molecule has 1 heterocycles. The van der Waals surface area contributed by atoms with Gasteiger partial charge >= 0.3 is 5.97 Å². The fraction of sp³-hybridized carbons (Fsp3) is 0.500. The van der Waals surface area contributed by atoms with E-state index in [1.54, 1.807) is 37.3 Å². The number of carbonyl (C=O) groups is 1. The van der Waals surface area contributed by atoms with Crippen LogP contribution in [0.5, 0.6) is 0 Å². The van der Waals surface area contributed by atoms with Crippen molar-refractivity contribution in [1.29, 1.82) is 0 Å². The Bertz CT molecular complexity index is 521. The SMILES string of the molecule is CO[C@H]1C[C@@H](O[N+](=O)[O-])[C@H](OC(=O)c2ccccc2)[C@@H](C)O1. The van der Waals surface area contributed by atoms with Gasteiger partial charge in [0.05, 0.1) is 11.7 Å². The summed E-state index contributed by atoms with van der Waals surface area (Å²) in [6.45, 7) is 1.64. The number of hydrogen-bond donors (Lipinski definition) is 0. The Kier molecular flexibility index (Phi) is 5.29. The monoisotopic (exact) mass is 311 g/mol. The molecular weight excluding hydrogens is 294 g/mol. The lowest BCUT2D eigenvalue weighted by atomic mass is 10.0. The number of ether oxygens (including phenoxy) is 3. The second kappa shape index (κ2) is 7.19. The van der Waals surface area contributed by atoms with Crippen LogP contribution in [0.3, 0.4) is 0 Å². The van der Waals surface area contributed by atoms with Gasteiger partial charge in [-0.3, -0.25) is 0 Å². The summed E-state index contributed by atoms with van der Waals surface area (Å²) >= 11 is 0. The maximum absolute atomic E-state index is 12.1. The maximum Gasteiger partial charge on any atom is 0.338 e. The summed E-state index contributed by atoms with van der Waals surface area (Å²) in [6, 6.07) is 8.35. The van der Waals surface area contributed by atoms with Gasteiger partial charge in [-0.15, -0.1) is 10.1 Å². The summed E-state index contributed by atoms with van der Waals surface area (Å²) in [5, 5.41) is 9.73. The minimum absolute atomic E-state index is 0.0918. The topological polar surface area (TPSA) is 97.1 Å². The Morgan fingerprint density at radius 3 is 2.64 bits per heavy atom. The molecule has 0 amide bonds. The van der Waals surface area contributed by atoms with Gasteiger partial charge in [0.25, 0.3) is 5.09 Å². The molecule has 2 rings (SSSR count). The number of rotatable bonds is 5. The molecule has 8 nitrogen and oxygen atoms in total. The van der Waals surface area contributed by atoms with E-state index in [1.807, 2.05) is 0 Å². The van der Waals surface area contributed by atoms with E-state index in [4.69, 9.17) is 14.2 Å². The van der Waals surface area contributed by atoms with Gasteiger partial charge in [0.15, 0.2) is 18.5 Å². The standard InChI is InChI=1S/C14H17NO7/c1-9-13(21-14(16)10-6-4-3-5-7-10)11(22-15(17)18)8-12(19-2)20-9/h3-7,9,11-13H,8H2,1-2H3/t9-,11-,12-,13-/m1/s1. The smallest absolute Gasteiger partial charge is 0.338 e. The first-order valence-corrected chi connectivity index (χ1v) is 6.76. The van der Waals surface area contributed by atoms with Crippen LogP contribution in [0.4, 0.5) is 0 Å². The van der Waals surface area contributed by atoms with E-state index < -0.39 is 35.7 Å². The van der Waals surface area contributed by atoms with Gasteiger partial charge in [-0.1, -0.05) is 18.2 Å². The lowest BCUT2D eigenvalue weighted by Gasteiger charge is -2.37. The van der Waals surface area contributed by atoms with Crippen molar-refractivity contribution in [2.45, 2.75) is 37.9 Å². The van der Waals surface area contributed by atoms with Gasteiger partial charge in [-0.05, 0) is 19.1 Å². The van der Waals surface area contributed by atoms with Gasteiger partial charge in [-0.25, -0.2) is 4.79 Å². The molecule has 0 spiro atoms. The van der Waals surface area contributed by atoms with Crippen molar-refractivity contribution in [3.05, 3.63) is 46.0 Å². The first-order valence-electron chi connectivity index (χ1n) is 6.76. The first-order chi connectivity index (χ1) is 10.5. The van der Waals surface area contributed by atoms with Crippen LogP contribution < -0.4 is 0 Å². The molecule has 22 heavy (non-hydrogen) atoms. The highest BCUT2D eigenvalue weighted by atomic mass is 17.0. The highest BCUT2D eigenvalue weighted by molar-refractivity contribution is 5.89. The number of hydrogen-bond acceptors (Lipinski definition) is 7. The second-order valence-corrected chi connectivity index (χ2v) is 4.85. The van der Waals surface area contributed by atoms with Crippen LogP contribution in [0.15, 0.2) is 30.3 Å². The highest BCUT2D eigenvalue weighted by Crippen LogP contribution is 2.26. The normalized spacial score (nSPS) is 27.9. The van der Waals surface area contributed by atoms with Crippen molar-refractivity contribution in [2.24, 2.45) is 0 Å². The fourth-order valence-corrected chi connectivity index (χ4v) is 2.30. The van der Waals surface area contributed by atoms with Gasteiger partial charge in [-0.2, -0.15) is 0 Å². The van der Waals surface area contributed by atoms with Crippen LogP contribution in [0.25, 0.3) is 0 Å². The van der Waals surface area contributed by atoms with Crippen LogP contribution in [-0.2, 0) is 19.0 Å². The summed E-state index contributed by atoms with van der Waals surface area (Å²) in [4.78, 5) is 27.4. The van der Waals surface area contributed by atoms with E-state index in [0.29, 0.717) is 5.56 Å². The van der Waals surface area contributed by atoms with Gasteiger partial charge in [0.1, 0.15) is 0 Å². The summed E-state index contributed by atoms with van der Waals surface area (Å²) < 4.78 is 15.9. The Balaban J connectivity index is 2.11. The molecule has 0 radical (unpaired) electrons. The van der Waals surface area contributed by atoms with Crippen molar-refractivity contribution in [1.82, 2.24) is 0 Å². The molecule has 0 unspecified atom stereocenters. The zero-order chi connectivity index (χ0) is 16.1. The van der Waals surface area contributed by atoms with Crippen molar-refractivity contribution in [3.8, 4) is 0 Å². The molecule has 0 bridgehead atoms. The minimum atomic E-state index is -0.948. The summed E-state index contributed by atoms with van der Waals surface area (Å²) in [7, 11) is 1.43. The van der Waals surface area contributed by atoms with Crippen LogP contribution in [0, 0.1) is 10.1 Å². The Morgan fingerprint density at radius 2 is 2.05 bits per heavy atom. The lowest BCUT2D eigenvalue weighted by Crippen LogP contribution is -2.51. The molecular formula is C14H17NO7. The van der Waals surface area contributed by atoms with Crippen molar-refractivity contribution in [3.63, 3.8) is 0 Å². The van der Waals surface area contributed by atoms with Gasteiger partial charge in [0, 0.05) is 13.5 Å². The van der Waals surface area contributed by atoms with E-state index in [1.165, 1.54) is 7.11 Å². The van der Waals surface area contributed by atoms with Crippen LogP contribution >= 0.6 is 0 Å². The van der Waals surface area contributed by atoms with Gasteiger partial charge in [0.2, 0.25) is 0 Å². The zero-order valence-corrected chi connectivity index (χ0v) is 12.2. The summed E-state index contributed by atoms with van der Waals surface area (Å²) in [5.74, 6) is -0.589. The molecule has 1 aromatic carbocycles. The molecule has 120 valence electrons. The number of methoxy groups -OCH3 is 1. The molecule has 0 N–H and O–H groups in total. The van der Waals surface area contributed by atoms with E-state index in [2.05, 4.69) is 4.84 Å². The molecule has 1 aliphatic rings. The predicted molar refractivity (Wildman–Crippen MR) is 73.5 cm³/mol. The first kappa shape index (κ1) is 16.2. The quantitative estimate of drug-likeness (QED) is 0.462. The minimum Gasteiger partial charge on any atom is -0.454 e. The van der Waals surface area contributed by atoms with Crippen LogP contribution in [0.2, 0.25) is 0 Å². The third-order valence-corrected chi connectivity index (χ3v) is 3.36. The average molecular weight is 311 g/mol. The largest absolute Gasteiger partial charge is 0.454 e. The summed E-state index contributed by atoms with van der Waals surface area (Å²) in [5.41, 5.74) is 0.350. The van der Waals surface area contributed by atoms with E-state index >= 15 is 0 Å². The second-order valence-electron chi connectivity index (χ2n) is 4.85. The Labute approximate surface area is 127 Å². The molecule has 0 aliphatic carbocycles. The molecule has 4 atom stereocenters. The number of nitrogens with zero attached hydrogens (tertiary/aromatic N) is 1. The van der Waals surface area contributed by atoms with E-state index in [0.717, 1.165) is 0 Å². The zero-order valence-electron chi connectivity index (χ0n) is 12.2. The summed E-state index contributed by atoms with van der Waals surface area (Å²) in [6.07, 6.45) is -3.00. The molecule has 8 heteroatoms. The third kappa shape index (κ3) is 3.92. The molecule has 1 aliphatic heterocycles. The van der Waals surface area contributed by atoms with E-state index in [9.17, 15) is 14.9 Å². The molecule has 0 saturated carbocycles. The predicted octanol–water partition coefficient (Wildman–Crippen LogP) is 1.57. The highest BCUT2D eigenvalue weighted by Gasteiger charge is 2.41. The molecule has 1 fully saturated rings. The molecule has 1 saturated heterocycles. The lowest BCUT2D eigenvalue weighted by molar-refractivity contribution is -0.772. The Morgan fingerprint density at radius 1 is 1.36 bits per heavy atom. The molecule has 1 aromatic rings. The maximum atomic E-state index is 12.1. The van der Waals surface area contributed by atoms with E-state index in [-0.39, 0.29) is 6.42 Å². The van der Waals surface area contributed by atoms with Crippen LogP contribution in [-0.4, -0.2) is 42.8 Å². The van der Waals surface area contributed by atoms with Crippen molar-refractivity contribution in [2.75, 3.05) is 7.11 Å². The van der Waals surface area contributed by atoms with Crippen molar-refractivity contribution < 1.29 is 28.9 Å². The third-order valence-electron chi connectivity index (χ3n) is 3.36. The van der Waals surface area contributed by atoms with Gasteiger partial charge < -0.3 is 19.0 Å². The number of esters is 1. The number of carbonyl (C=O) groups excluding carboxylic acids is 1.